The zero-order valence-corrected chi connectivity index (χ0v) is 16.9. The van der Waals surface area contributed by atoms with Crippen LogP contribution in [0.4, 0.5) is 5.69 Å². The Balaban J connectivity index is 1.64. The topological polar surface area (TPSA) is 60.0 Å². The first-order valence-electron chi connectivity index (χ1n) is 9.33. The van der Waals surface area contributed by atoms with Crippen molar-refractivity contribution in [2.75, 3.05) is 38.7 Å². The second-order valence-corrected chi connectivity index (χ2v) is 6.95. The van der Waals surface area contributed by atoms with Crippen LogP contribution in [0, 0.1) is 0 Å². The van der Waals surface area contributed by atoms with Crippen molar-refractivity contribution in [3.8, 4) is 17.2 Å². The molecule has 1 N–H and O–H groups in total. The van der Waals surface area contributed by atoms with E-state index in [1.54, 1.807) is 13.2 Å². The van der Waals surface area contributed by atoms with Crippen LogP contribution in [-0.2, 0) is 11.3 Å². The van der Waals surface area contributed by atoms with Gasteiger partial charge in [0.25, 0.3) is 0 Å². The molecule has 1 heterocycles. The van der Waals surface area contributed by atoms with Gasteiger partial charge >= 0.3 is 0 Å². The average Bonchev–Trinajstić information content (AvgIpc) is 2.93. The number of halogens is 1. The van der Waals surface area contributed by atoms with Crippen molar-refractivity contribution in [3.05, 3.63) is 47.0 Å². The van der Waals surface area contributed by atoms with E-state index in [0.717, 1.165) is 18.5 Å². The normalized spacial score (nSPS) is 13.1. The minimum Gasteiger partial charge on any atom is -0.497 e. The highest BCUT2D eigenvalue weighted by molar-refractivity contribution is 6.32. The Bertz CT molecular complexity index is 828. The molecule has 0 fully saturated rings. The molecule has 1 amide bonds. The number of likely N-dealkylation sites (N-methyl/N-ethyl adjacent to an activating group) is 1. The lowest BCUT2D eigenvalue weighted by molar-refractivity contribution is -0.117. The van der Waals surface area contributed by atoms with Gasteiger partial charge in [-0.25, -0.2) is 0 Å². The van der Waals surface area contributed by atoms with Gasteiger partial charge in [-0.3, -0.25) is 9.69 Å². The van der Waals surface area contributed by atoms with Crippen LogP contribution in [0.3, 0.4) is 0 Å². The van der Waals surface area contributed by atoms with Crippen LogP contribution in [-0.4, -0.2) is 44.2 Å². The van der Waals surface area contributed by atoms with Gasteiger partial charge in [-0.15, -0.1) is 0 Å². The molecule has 1 aliphatic rings. The number of carbonyl (C=O) groups is 1. The Kier molecular flexibility index (Phi) is 7.01. The van der Waals surface area contributed by atoms with E-state index in [9.17, 15) is 4.79 Å². The van der Waals surface area contributed by atoms with Crippen LogP contribution in [0.15, 0.2) is 36.4 Å². The Morgan fingerprint density at radius 2 is 2.07 bits per heavy atom. The van der Waals surface area contributed by atoms with Gasteiger partial charge in [-0.1, -0.05) is 24.6 Å². The minimum absolute atomic E-state index is 0.0875. The number of ether oxygens (including phenoxy) is 3. The van der Waals surface area contributed by atoms with Crippen molar-refractivity contribution in [3.63, 3.8) is 0 Å². The molecule has 28 heavy (non-hydrogen) atoms. The van der Waals surface area contributed by atoms with E-state index < -0.39 is 0 Å². The van der Waals surface area contributed by atoms with Gasteiger partial charge in [0.2, 0.25) is 5.91 Å². The van der Waals surface area contributed by atoms with Gasteiger partial charge in [-0.05, 0) is 36.4 Å². The predicted octanol–water partition coefficient (Wildman–Crippen LogP) is 3.97. The van der Waals surface area contributed by atoms with E-state index in [4.69, 9.17) is 25.8 Å². The maximum absolute atomic E-state index is 12.5. The number of methoxy groups -OCH3 is 1. The van der Waals surface area contributed by atoms with Crippen LogP contribution >= 0.6 is 11.6 Å². The molecule has 0 aromatic heterocycles. The van der Waals surface area contributed by atoms with Gasteiger partial charge in [0.05, 0.1) is 31.9 Å². The zero-order chi connectivity index (χ0) is 19.9. The Hall–Kier alpha value is -2.44. The van der Waals surface area contributed by atoms with Crippen LogP contribution < -0.4 is 19.5 Å². The summed E-state index contributed by atoms with van der Waals surface area (Å²) in [7, 11) is 1.60. The molecule has 1 aliphatic heterocycles. The maximum Gasteiger partial charge on any atom is 0.238 e. The highest BCUT2D eigenvalue weighted by Crippen LogP contribution is 2.38. The summed E-state index contributed by atoms with van der Waals surface area (Å²) < 4.78 is 16.6. The number of hydrogen-bond donors (Lipinski definition) is 1. The quantitative estimate of drug-likeness (QED) is 0.756. The summed E-state index contributed by atoms with van der Waals surface area (Å²) >= 11 is 6.37. The fourth-order valence-electron chi connectivity index (χ4n) is 3.02. The lowest BCUT2D eigenvalue weighted by atomic mass is 10.2. The number of nitrogens with zero attached hydrogens (tertiary/aromatic N) is 1. The number of hydrogen-bond acceptors (Lipinski definition) is 5. The number of anilines is 1. The molecule has 2 aromatic carbocycles. The Labute approximate surface area is 170 Å². The molecule has 0 bridgehead atoms. The van der Waals surface area contributed by atoms with E-state index in [1.165, 1.54) is 0 Å². The molecule has 0 radical (unpaired) electrons. The summed E-state index contributed by atoms with van der Waals surface area (Å²) in [5.41, 5.74) is 1.68. The van der Waals surface area contributed by atoms with E-state index >= 15 is 0 Å². The predicted molar refractivity (Wildman–Crippen MR) is 110 cm³/mol. The van der Waals surface area contributed by atoms with Gasteiger partial charge in [-0.2, -0.15) is 0 Å². The molecule has 3 rings (SSSR count). The molecule has 0 saturated carbocycles. The maximum atomic E-state index is 12.5. The fourth-order valence-corrected chi connectivity index (χ4v) is 3.31. The molecule has 6 nitrogen and oxygen atoms in total. The number of nitrogens with one attached hydrogen (secondary N) is 1. The summed E-state index contributed by atoms with van der Waals surface area (Å²) in [6.07, 6.45) is 0.825. The summed E-state index contributed by atoms with van der Waals surface area (Å²) in [5.74, 6) is 1.88. The molecule has 0 unspecified atom stereocenters. The van der Waals surface area contributed by atoms with E-state index in [0.29, 0.717) is 47.7 Å². The van der Waals surface area contributed by atoms with Crippen LogP contribution in [0.5, 0.6) is 17.2 Å². The summed E-state index contributed by atoms with van der Waals surface area (Å²) in [5, 5.41) is 3.44. The first kappa shape index (κ1) is 20.3. The van der Waals surface area contributed by atoms with Crippen molar-refractivity contribution in [2.45, 2.75) is 19.9 Å². The molecule has 0 spiro atoms. The molecule has 0 saturated heterocycles. The van der Waals surface area contributed by atoms with Crippen LogP contribution in [0.25, 0.3) is 0 Å². The van der Waals surface area contributed by atoms with Crippen molar-refractivity contribution >= 4 is 23.2 Å². The standard InChI is InChI=1S/C21H25ClN2O4/c1-3-24(14-20(25)23-16-6-4-7-17(12-16)26-2)13-15-10-18(22)21-19(11-15)27-8-5-9-28-21/h4,6-7,10-12H,3,5,8-9,13-14H2,1-2H3,(H,23,25). The molecule has 0 atom stereocenters. The second-order valence-electron chi connectivity index (χ2n) is 6.54. The molecular weight excluding hydrogens is 380 g/mol. The summed E-state index contributed by atoms with van der Waals surface area (Å²) in [4.78, 5) is 14.5. The lowest BCUT2D eigenvalue weighted by Gasteiger charge is -2.21. The Morgan fingerprint density at radius 3 is 2.86 bits per heavy atom. The second kappa shape index (κ2) is 9.66. The third kappa shape index (κ3) is 5.30. The Morgan fingerprint density at radius 1 is 1.25 bits per heavy atom. The zero-order valence-electron chi connectivity index (χ0n) is 16.2. The smallest absolute Gasteiger partial charge is 0.238 e. The van der Waals surface area contributed by atoms with Gasteiger partial charge in [0.1, 0.15) is 5.75 Å². The fraction of sp³-hybridized carbons (Fsp3) is 0.381. The number of amides is 1. The number of carbonyl (C=O) groups excluding carboxylic acids is 1. The average molecular weight is 405 g/mol. The third-order valence-corrected chi connectivity index (χ3v) is 4.72. The van der Waals surface area contributed by atoms with Crippen LogP contribution in [0.1, 0.15) is 18.9 Å². The van der Waals surface area contributed by atoms with Crippen LogP contribution in [0.2, 0.25) is 5.02 Å². The highest BCUT2D eigenvalue weighted by Gasteiger charge is 2.17. The van der Waals surface area contributed by atoms with Gasteiger partial charge < -0.3 is 19.5 Å². The van der Waals surface area contributed by atoms with Crippen molar-refractivity contribution in [2.24, 2.45) is 0 Å². The van der Waals surface area contributed by atoms with Crippen molar-refractivity contribution in [1.82, 2.24) is 4.90 Å². The number of benzene rings is 2. The molecule has 2 aromatic rings. The van der Waals surface area contributed by atoms with E-state index in [-0.39, 0.29) is 12.5 Å². The first-order valence-corrected chi connectivity index (χ1v) is 9.71. The number of fused-ring (bicyclic) bond motifs is 1. The van der Waals surface area contributed by atoms with Crippen molar-refractivity contribution in [1.29, 1.82) is 0 Å². The molecule has 7 heteroatoms. The van der Waals surface area contributed by atoms with E-state index in [2.05, 4.69) is 5.32 Å². The minimum atomic E-state index is -0.0875. The van der Waals surface area contributed by atoms with E-state index in [1.807, 2.05) is 42.2 Å². The number of rotatable bonds is 7. The SMILES string of the molecule is CCN(CC(=O)Nc1cccc(OC)c1)Cc1cc(Cl)c2c(c1)OCCCO2. The van der Waals surface area contributed by atoms with Crippen molar-refractivity contribution < 1.29 is 19.0 Å². The third-order valence-electron chi connectivity index (χ3n) is 4.44. The highest BCUT2D eigenvalue weighted by atomic mass is 35.5. The first-order chi connectivity index (χ1) is 13.6. The molecular formula is C21H25ClN2O4. The molecule has 0 aliphatic carbocycles. The van der Waals surface area contributed by atoms with Gasteiger partial charge in [0.15, 0.2) is 11.5 Å². The summed E-state index contributed by atoms with van der Waals surface area (Å²) in [6.45, 7) is 4.78. The molecule has 150 valence electrons. The lowest BCUT2D eigenvalue weighted by Crippen LogP contribution is -2.32. The largest absolute Gasteiger partial charge is 0.497 e. The van der Waals surface area contributed by atoms with Gasteiger partial charge in [0, 0.05) is 24.7 Å². The summed E-state index contributed by atoms with van der Waals surface area (Å²) in [6, 6.07) is 11.1. The monoisotopic (exact) mass is 404 g/mol.